The van der Waals surface area contributed by atoms with Gasteiger partial charge >= 0.3 is 0 Å². The van der Waals surface area contributed by atoms with Crippen LogP contribution in [0.15, 0.2) is 18.2 Å². The zero-order valence-corrected chi connectivity index (χ0v) is 9.88. The van der Waals surface area contributed by atoms with Crippen molar-refractivity contribution in [1.82, 2.24) is 0 Å². The van der Waals surface area contributed by atoms with Crippen LogP contribution in [0.4, 0.5) is 4.39 Å². The zero-order chi connectivity index (χ0) is 11.4. The van der Waals surface area contributed by atoms with Crippen molar-refractivity contribution in [1.29, 1.82) is 0 Å². The lowest BCUT2D eigenvalue weighted by Gasteiger charge is -2.14. The van der Waals surface area contributed by atoms with Gasteiger partial charge in [-0.1, -0.05) is 26.8 Å². The quantitative estimate of drug-likeness (QED) is 0.726. The molecule has 1 nitrogen and oxygen atoms in total. The van der Waals surface area contributed by atoms with Crippen molar-refractivity contribution in [2.24, 2.45) is 0 Å². The molecule has 0 saturated heterocycles. The molecule has 0 radical (unpaired) electrons. The van der Waals surface area contributed by atoms with E-state index in [4.69, 9.17) is 4.74 Å². The van der Waals surface area contributed by atoms with Gasteiger partial charge in [-0.25, -0.2) is 4.39 Å². The molecular weight excluding hydrogens is 191 g/mol. The molecule has 0 saturated carbocycles. The highest BCUT2D eigenvalue weighted by Gasteiger charge is 2.09. The molecule has 1 rings (SSSR count). The second-order valence-electron chi connectivity index (χ2n) is 4.18. The van der Waals surface area contributed by atoms with Gasteiger partial charge in [0.25, 0.3) is 0 Å². The maximum Gasteiger partial charge on any atom is 0.165 e. The van der Waals surface area contributed by atoms with E-state index in [1.54, 1.807) is 12.1 Å². The molecule has 0 fully saturated rings. The van der Waals surface area contributed by atoms with Crippen LogP contribution in [0.2, 0.25) is 0 Å². The van der Waals surface area contributed by atoms with Gasteiger partial charge in [-0.15, -0.1) is 0 Å². The highest BCUT2D eigenvalue weighted by atomic mass is 19.1. The summed E-state index contributed by atoms with van der Waals surface area (Å²) in [6.07, 6.45) is 0.940. The van der Waals surface area contributed by atoms with Crippen molar-refractivity contribution >= 4 is 0 Å². The summed E-state index contributed by atoms with van der Waals surface area (Å²) in [6, 6.07) is 5.20. The van der Waals surface area contributed by atoms with E-state index in [0.29, 0.717) is 11.7 Å². The van der Waals surface area contributed by atoms with Gasteiger partial charge in [-0.2, -0.15) is 0 Å². The second kappa shape index (κ2) is 5.15. The first-order chi connectivity index (χ1) is 7.04. The van der Waals surface area contributed by atoms with Crippen LogP contribution < -0.4 is 4.74 Å². The molecule has 0 heterocycles. The smallest absolute Gasteiger partial charge is 0.165 e. The van der Waals surface area contributed by atoms with E-state index in [2.05, 4.69) is 0 Å². The van der Waals surface area contributed by atoms with Crippen LogP contribution >= 0.6 is 0 Å². The Bertz CT molecular complexity index is 320. The largest absolute Gasteiger partial charge is 0.488 e. The van der Waals surface area contributed by atoms with E-state index in [-0.39, 0.29) is 11.9 Å². The Balaban J connectivity index is 2.83. The number of hydrogen-bond donors (Lipinski definition) is 0. The molecule has 0 spiro atoms. The molecular formula is C13H19FO. The summed E-state index contributed by atoms with van der Waals surface area (Å²) in [7, 11) is 0. The molecule has 2 heteroatoms. The molecule has 84 valence electrons. The molecule has 1 aromatic rings. The van der Waals surface area contributed by atoms with E-state index < -0.39 is 0 Å². The maximum atomic E-state index is 13.6. The van der Waals surface area contributed by atoms with Crippen LogP contribution in [-0.4, -0.2) is 6.10 Å². The van der Waals surface area contributed by atoms with Gasteiger partial charge in [0.1, 0.15) is 0 Å². The first-order valence-electron chi connectivity index (χ1n) is 5.50. The van der Waals surface area contributed by atoms with Gasteiger partial charge in [0.05, 0.1) is 6.10 Å². The Morgan fingerprint density at radius 1 is 1.27 bits per heavy atom. The molecule has 15 heavy (non-hydrogen) atoms. The van der Waals surface area contributed by atoms with E-state index in [0.717, 1.165) is 12.0 Å². The zero-order valence-electron chi connectivity index (χ0n) is 9.88. The average molecular weight is 210 g/mol. The average Bonchev–Trinajstić information content (AvgIpc) is 2.20. The number of rotatable bonds is 4. The Kier molecular flexibility index (Phi) is 4.13. The Morgan fingerprint density at radius 2 is 1.93 bits per heavy atom. The molecule has 1 atom stereocenters. The summed E-state index contributed by atoms with van der Waals surface area (Å²) in [4.78, 5) is 0. The monoisotopic (exact) mass is 210 g/mol. The fraction of sp³-hybridized carbons (Fsp3) is 0.538. The molecule has 0 amide bonds. The molecule has 0 aliphatic rings. The maximum absolute atomic E-state index is 13.6. The van der Waals surface area contributed by atoms with E-state index in [9.17, 15) is 4.39 Å². The first-order valence-corrected chi connectivity index (χ1v) is 5.50. The Labute approximate surface area is 91.3 Å². The Morgan fingerprint density at radius 3 is 2.40 bits per heavy atom. The topological polar surface area (TPSA) is 9.23 Å². The van der Waals surface area contributed by atoms with Crippen molar-refractivity contribution < 1.29 is 9.13 Å². The normalized spacial score (nSPS) is 12.9. The minimum absolute atomic E-state index is 0.0596. The number of benzene rings is 1. The summed E-state index contributed by atoms with van der Waals surface area (Å²) in [5, 5.41) is 0. The third kappa shape index (κ3) is 3.22. The summed E-state index contributed by atoms with van der Waals surface area (Å²) >= 11 is 0. The van der Waals surface area contributed by atoms with Crippen LogP contribution in [0.1, 0.15) is 45.6 Å². The summed E-state index contributed by atoms with van der Waals surface area (Å²) < 4.78 is 19.0. The van der Waals surface area contributed by atoms with Gasteiger partial charge in [-0.05, 0) is 37.0 Å². The number of halogens is 1. The summed E-state index contributed by atoms with van der Waals surface area (Å²) in [5.74, 6) is 0.437. The van der Waals surface area contributed by atoms with Crippen LogP contribution in [0, 0.1) is 5.82 Å². The van der Waals surface area contributed by atoms with Crippen molar-refractivity contribution in [3.05, 3.63) is 29.6 Å². The van der Waals surface area contributed by atoms with E-state index in [1.165, 1.54) is 0 Å². The minimum atomic E-state index is -0.262. The van der Waals surface area contributed by atoms with Crippen molar-refractivity contribution in [3.63, 3.8) is 0 Å². The Hall–Kier alpha value is -1.05. The highest BCUT2D eigenvalue weighted by Crippen LogP contribution is 2.23. The summed E-state index contributed by atoms with van der Waals surface area (Å²) in [5.41, 5.74) is 1.00. The lowest BCUT2D eigenvalue weighted by atomic mass is 10.0. The van der Waals surface area contributed by atoms with Crippen LogP contribution in [0.25, 0.3) is 0 Å². The van der Waals surface area contributed by atoms with Crippen molar-refractivity contribution in [3.8, 4) is 5.75 Å². The predicted octanol–water partition coefficient (Wildman–Crippen LogP) is 4.13. The minimum Gasteiger partial charge on any atom is -0.488 e. The molecule has 0 N–H and O–H groups in total. The summed E-state index contributed by atoms with van der Waals surface area (Å²) in [6.45, 7) is 8.05. The number of ether oxygens (including phenoxy) is 1. The first kappa shape index (κ1) is 12.0. The fourth-order valence-corrected chi connectivity index (χ4v) is 1.27. The number of hydrogen-bond acceptors (Lipinski definition) is 1. The van der Waals surface area contributed by atoms with Gasteiger partial charge in [0.15, 0.2) is 11.6 Å². The lowest BCUT2D eigenvalue weighted by Crippen LogP contribution is -2.10. The van der Waals surface area contributed by atoms with Gasteiger partial charge < -0.3 is 4.74 Å². The molecule has 0 bridgehead atoms. The second-order valence-corrected chi connectivity index (χ2v) is 4.18. The van der Waals surface area contributed by atoms with E-state index in [1.807, 2.05) is 33.8 Å². The molecule has 1 unspecified atom stereocenters. The third-order valence-corrected chi connectivity index (χ3v) is 2.53. The van der Waals surface area contributed by atoms with Crippen LogP contribution in [0.5, 0.6) is 5.75 Å². The van der Waals surface area contributed by atoms with E-state index >= 15 is 0 Å². The third-order valence-electron chi connectivity index (χ3n) is 2.53. The molecule has 1 aromatic carbocycles. The molecule has 0 aliphatic carbocycles. The SMILES string of the molecule is CCC(C)Oc1ccc(C(C)C)cc1F. The lowest BCUT2D eigenvalue weighted by molar-refractivity contribution is 0.207. The predicted molar refractivity (Wildman–Crippen MR) is 60.9 cm³/mol. The van der Waals surface area contributed by atoms with Gasteiger partial charge in [0, 0.05) is 0 Å². The van der Waals surface area contributed by atoms with Crippen LogP contribution in [0.3, 0.4) is 0 Å². The standard InChI is InChI=1S/C13H19FO/c1-5-10(4)15-13-7-6-11(9(2)3)8-12(13)14/h6-10H,5H2,1-4H3. The van der Waals surface area contributed by atoms with Crippen LogP contribution in [-0.2, 0) is 0 Å². The van der Waals surface area contributed by atoms with Gasteiger partial charge in [-0.3, -0.25) is 0 Å². The van der Waals surface area contributed by atoms with Crippen molar-refractivity contribution in [2.75, 3.05) is 0 Å². The van der Waals surface area contributed by atoms with Crippen molar-refractivity contribution in [2.45, 2.75) is 46.1 Å². The van der Waals surface area contributed by atoms with Gasteiger partial charge in [0.2, 0.25) is 0 Å². The molecule has 0 aromatic heterocycles. The fourth-order valence-electron chi connectivity index (χ4n) is 1.27. The molecule has 0 aliphatic heterocycles. The highest BCUT2D eigenvalue weighted by molar-refractivity contribution is 5.30.